The van der Waals surface area contributed by atoms with Gasteiger partial charge in [-0.25, -0.2) is 0 Å². The number of hydrogen-bond donors (Lipinski definition) is 1. The number of carbonyl (C=O) groups excluding carboxylic acids is 1. The van der Waals surface area contributed by atoms with Gasteiger partial charge in [0.1, 0.15) is 0 Å². The topological polar surface area (TPSA) is 32.3 Å². The molecule has 1 aliphatic heterocycles. The molecule has 0 aliphatic carbocycles. The van der Waals surface area contributed by atoms with Gasteiger partial charge < -0.3 is 10.2 Å². The van der Waals surface area contributed by atoms with E-state index in [0.717, 1.165) is 30.8 Å². The smallest absolute Gasteiger partial charge is 0.232 e. The highest BCUT2D eigenvalue weighted by molar-refractivity contribution is 5.83. The Morgan fingerprint density at radius 2 is 2.06 bits per heavy atom. The molecule has 3 nitrogen and oxygen atoms in total. The van der Waals surface area contributed by atoms with Gasteiger partial charge in [-0.2, -0.15) is 0 Å². The average Bonchev–Trinajstić information content (AvgIpc) is 2.68. The molecule has 90 valence electrons. The number of rotatable bonds is 5. The summed E-state index contributed by atoms with van der Waals surface area (Å²) in [6.45, 7) is 2.96. The van der Waals surface area contributed by atoms with Crippen molar-refractivity contribution in [2.75, 3.05) is 11.9 Å². The van der Waals surface area contributed by atoms with E-state index in [1.165, 1.54) is 0 Å². The summed E-state index contributed by atoms with van der Waals surface area (Å²) in [4.78, 5) is 13.5. The molecule has 1 N–H and O–H groups in total. The molecule has 17 heavy (non-hydrogen) atoms. The van der Waals surface area contributed by atoms with Gasteiger partial charge in [-0.3, -0.25) is 4.79 Å². The summed E-state index contributed by atoms with van der Waals surface area (Å²) in [6.07, 6.45) is 4.59. The van der Waals surface area contributed by atoms with Crippen LogP contribution in [0.2, 0.25) is 0 Å². The molecule has 1 aliphatic rings. The van der Waals surface area contributed by atoms with Crippen LogP contribution in [0.15, 0.2) is 42.2 Å². The van der Waals surface area contributed by atoms with Crippen LogP contribution in [0.3, 0.4) is 0 Å². The van der Waals surface area contributed by atoms with Crippen molar-refractivity contribution in [3.63, 3.8) is 0 Å². The van der Waals surface area contributed by atoms with Gasteiger partial charge in [-0.15, -0.1) is 0 Å². The van der Waals surface area contributed by atoms with E-state index in [1.54, 1.807) is 0 Å². The number of para-hydroxylation sites is 1. The molecule has 1 aromatic rings. The Hall–Kier alpha value is -1.77. The fourth-order valence-electron chi connectivity index (χ4n) is 1.87. The summed E-state index contributed by atoms with van der Waals surface area (Å²) in [6, 6.07) is 9.94. The zero-order chi connectivity index (χ0) is 12.1. The lowest BCUT2D eigenvalue weighted by atomic mass is 10.3. The normalized spacial score (nSPS) is 15.0. The van der Waals surface area contributed by atoms with Gasteiger partial charge in [0.2, 0.25) is 5.91 Å². The van der Waals surface area contributed by atoms with E-state index in [9.17, 15) is 4.79 Å². The Balaban J connectivity index is 1.96. The Morgan fingerprint density at radius 1 is 1.29 bits per heavy atom. The lowest BCUT2D eigenvalue weighted by molar-refractivity contribution is -0.126. The number of carbonyl (C=O) groups is 1. The van der Waals surface area contributed by atoms with Crippen LogP contribution in [0.4, 0.5) is 5.69 Å². The van der Waals surface area contributed by atoms with E-state index in [1.807, 2.05) is 41.4 Å². The fraction of sp³-hybridized carbons (Fsp3) is 0.357. The highest BCUT2D eigenvalue weighted by atomic mass is 16.2. The molecule has 0 saturated heterocycles. The molecule has 0 atom stereocenters. The lowest BCUT2D eigenvalue weighted by Gasteiger charge is -2.11. The SMILES string of the molecule is CCCCN1C=C(Nc2ccccc2)CC1=O. The molecule has 1 heterocycles. The van der Waals surface area contributed by atoms with Gasteiger partial charge in [-0.1, -0.05) is 31.5 Å². The van der Waals surface area contributed by atoms with Gasteiger partial charge in [-0.05, 0) is 18.6 Å². The van der Waals surface area contributed by atoms with Gasteiger partial charge in [0, 0.05) is 24.1 Å². The van der Waals surface area contributed by atoms with Crippen molar-refractivity contribution in [2.24, 2.45) is 0 Å². The summed E-state index contributed by atoms with van der Waals surface area (Å²) in [5, 5.41) is 3.28. The van der Waals surface area contributed by atoms with Crippen LogP contribution < -0.4 is 5.32 Å². The van der Waals surface area contributed by atoms with E-state index in [4.69, 9.17) is 0 Å². The first-order valence-corrected chi connectivity index (χ1v) is 6.12. The van der Waals surface area contributed by atoms with Crippen molar-refractivity contribution in [1.29, 1.82) is 0 Å². The highest BCUT2D eigenvalue weighted by Gasteiger charge is 2.20. The molecule has 0 bridgehead atoms. The monoisotopic (exact) mass is 230 g/mol. The molecule has 0 radical (unpaired) electrons. The maximum absolute atomic E-state index is 11.7. The summed E-state index contributed by atoms with van der Waals surface area (Å²) >= 11 is 0. The second kappa shape index (κ2) is 5.53. The minimum Gasteiger partial charge on any atom is -0.357 e. The summed E-state index contributed by atoms with van der Waals surface area (Å²) in [5.74, 6) is 0.192. The van der Waals surface area contributed by atoms with Crippen molar-refractivity contribution in [3.8, 4) is 0 Å². The number of benzene rings is 1. The van der Waals surface area contributed by atoms with Crippen molar-refractivity contribution < 1.29 is 4.79 Å². The second-order valence-electron chi connectivity index (χ2n) is 4.26. The Bertz CT molecular complexity index is 411. The first kappa shape index (κ1) is 11.7. The van der Waals surface area contributed by atoms with Crippen molar-refractivity contribution in [1.82, 2.24) is 4.90 Å². The number of hydrogen-bond acceptors (Lipinski definition) is 2. The van der Waals surface area contributed by atoms with Crippen LogP contribution >= 0.6 is 0 Å². The van der Waals surface area contributed by atoms with Gasteiger partial charge in [0.15, 0.2) is 0 Å². The molecule has 1 amide bonds. The van der Waals surface area contributed by atoms with Crippen LogP contribution in [0, 0.1) is 0 Å². The third-order valence-electron chi connectivity index (χ3n) is 2.80. The predicted octanol–water partition coefficient (Wildman–Crippen LogP) is 2.97. The first-order chi connectivity index (χ1) is 8.29. The fourth-order valence-corrected chi connectivity index (χ4v) is 1.87. The Labute approximate surface area is 102 Å². The quantitative estimate of drug-likeness (QED) is 0.843. The van der Waals surface area contributed by atoms with Crippen LogP contribution in [-0.2, 0) is 4.79 Å². The third kappa shape index (κ3) is 3.09. The molecule has 0 unspecified atom stereocenters. The zero-order valence-electron chi connectivity index (χ0n) is 10.1. The van der Waals surface area contributed by atoms with E-state index in [-0.39, 0.29) is 5.91 Å². The van der Waals surface area contributed by atoms with Crippen LogP contribution in [0.5, 0.6) is 0 Å². The van der Waals surface area contributed by atoms with E-state index >= 15 is 0 Å². The summed E-state index contributed by atoms with van der Waals surface area (Å²) < 4.78 is 0. The van der Waals surface area contributed by atoms with Crippen LogP contribution in [0.25, 0.3) is 0 Å². The summed E-state index contributed by atoms with van der Waals surface area (Å²) in [5.41, 5.74) is 2.01. The van der Waals surface area contributed by atoms with Gasteiger partial charge >= 0.3 is 0 Å². The highest BCUT2D eigenvalue weighted by Crippen LogP contribution is 2.19. The minimum atomic E-state index is 0.192. The predicted molar refractivity (Wildman–Crippen MR) is 69.4 cm³/mol. The molecule has 0 saturated carbocycles. The van der Waals surface area contributed by atoms with E-state index in [2.05, 4.69) is 12.2 Å². The number of anilines is 1. The Morgan fingerprint density at radius 3 is 2.76 bits per heavy atom. The maximum Gasteiger partial charge on any atom is 0.232 e. The number of nitrogens with zero attached hydrogens (tertiary/aromatic N) is 1. The molecule has 1 aromatic carbocycles. The first-order valence-electron chi connectivity index (χ1n) is 6.12. The molecular formula is C14H18N2O. The molecule has 3 heteroatoms. The van der Waals surface area contributed by atoms with Crippen LogP contribution in [-0.4, -0.2) is 17.4 Å². The van der Waals surface area contributed by atoms with Gasteiger partial charge in [0.25, 0.3) is 0 Å². The van der Waals surface area contributed by atoms with Crippen LogP contribution in [0.1, 0.15) is 26.2 Å². The summed E-state index contributed by atoms with van der Waals surface area (Å²) in [7, 11) is 0. The number of nitrogens with one attached hydrogen (secondary N) is 1. The molecule has 0 aromatic heterocycles. The lowest BCUT2D eigenvalue weighted by Crippen LogP contribution is -2.21. The van der Waals surface area contributed by atoms with Crippen molar-refractivity contribution in [2.45, 2.75) is 26.2 Å². The molecule has 0 spiro atoms. The largest absolute Gasteiger partial charge is 0.357 e. The molecule has 0 fully saturated rings. The number of amides is 1. The third-order valence-corrected chi connectivity index (χ3v) is 2.80. The zero-order valence-corrected chi connectivity index (χ0v) is 10.1. The second-order valence-corrected chi connectivity index (χ2v) is 4.26. The average molecular weight is 230 g/mol. The van der Waals surface area contributed by atoms with Crippen molar-refractivity contribution >= 4 is 11.6 Å². The van der Waals surface area contributed by atoms with E-state index in [0.29, 0.717) is 6.42 Å². The Kier molecular flexibility index (Phi) is 3.81. The minimum absolute atomic E-state index is 0.192. The van der Waals surface area contributed by atoms with Gasteiger partial charge in [0.05, 0.1) is 6.42 Å². The number of unbranched alkanes of at least 4 members (excludes halogenated alkanes) is 1. The molecular weight excluding hydrogens is 212 g/mol. The molecule has 2 rings (SSSR count). The standard InChI is InChI=1S/C14H18N2O/c1-2-3-9-16-11-13(10-14(16)17)15-12-7-5-4-6-8-12/h4-8,11,15H,2-3,9-10H2,1H3. The van der Waals surface area contributed by atoms with E-state index < -0.39 is 0 Å². The van der Waals surface area contributed by atoms with Crippen molar-refractivity contribution in [3.05, 3.63) is 42.2 Å². The maximum atomic E-state index is 11.7.